The van der Waals surface area contributed by atoms with Crippen LogP contribution in [0, 0.1) is 17.7 Å². The molecule has 0 amide bonds. The van der Waals surface area contributed by atoms with Gasteiger partial charge in [-0.25, -0.2) is 9.37 Å². The van der Waals surface area contributed by atoms with Crippen molar-refractivity contribution in [3.05, 3.63) is 93.2 Å². The molecule has 220 valence electrons. The third-order valence-electron chi connectivity index (χ3n) is 8.37. The third kappa shape index (κ3) is 5.80. The van der Waals surface area contributed by atoms with Crippen LogP contribution in [0.25, 0.3) is 11.0 Å². The third-order valence-corrected chi connectivity index (χ3v) is 8.88. The van der Waals surface area contributed by atoms with Gasteiger partial charge in [0.1, 0.15) is 5.82 Å². The number of Topliss-reactive ketones (excluding diaryl/α,β-unsaturated/α-hetero) is 1. The molecule has 1 N–H and O–H groups in total. The zero-order valence-electron chi connectivity index (χ0n) is 24.0. The molecule has 42 heavy (non-hydrogen) atoms. The summed E-state index contributed by atoms with van der Waals surface area (Å²) in [6, 6.07) is 18.2. The van der Waals surface area contributed by atoms with Crippen LogP contribution in [0.2, 0.25) is 10.0 Å². The molecule has 9 heteroatoms. The summed E-state index contributed by atoms with van der Waals surface area (Å²) in [7, 11) is 0. The van der Waals surface area contributed by atoms with Crippen molar-refractivity contribution < 1.29 is 9.18 Å². The van der Waals surface area contributed by atoms with Crippen molar-refractivity contribution in [3.8, 4) is 0 Å². The van der Waals surface area contributed by atoms with Crippen molar-refractivity contribution in [1.82, 2.24) is 19.8 Å². The second-order valence-electron chi connectivity index (χ2n) is 11.8. The minimum atomic E-state index is -0.441. The monoisotopic (exact) mass is 607 g/mol. The van der Waals surface area contributed by atoms with Gasteiger partial charge >= 0.3 is 0 Å². The summed E-state index contributed by atoms with van der Waals surface area (Å²) >= 11 is 13.1. The molecule has 0 spiro atoms. The number of ketones is 1. The average Bonchev–Trinajstić information content (AvgIpc) is 3.56. The van der Waals surface area contributed by atoms with Crippen LogP contribution in [-0.2, 0) is 6.54 Å². The molecular weight excluding hydrogens is 572 g/mol. The van der Waals surface area contributed by atoms with Crippen LogP contribution in [-0.4, -0.2) is 59.5 Å². The second-order valence-corrected chi connectivity index (χ2v) is 12.6. The number of fused-ring (bicyclic) bond motifs is 1. The number of halogens is 3. The maximum atomic E-state index is 14.0. The first-order valence-electron chi connectivity index (χ1n) is 14.7. The average molecular weight is 609 g/mol. The molecule has 0 aliphatic carbocycles. The van der Waals surface area contributed by atoms with E-state index in [1.165, 1.54) is 6.07 Å². The molecule has 4 aromatic rings. The summed E-state index contributed by atoms with van der Waals surface area (Å²) in [5.41, 5.74) is 4.34. The number of benzene rings is 3. The molecule has 2 aliphatic rings. The van der Waals surface area contributed by atoms with Gasteiger partial charge in [-0.05, 0) is 54.3 Å². The smallest absolute Gasteiger partial charge is 0.206 e. The zero-order chi connectivity index (χ0) is 29.4. The van der Waals surface area contributed by atoms with Crippen LogP contribution < -0.4 is 10.2 Å². The van der Waals surface area contributed by atoms with Gasteiger partial charge in [-0.15, -0.1) is 0 Å². The summed E-state index contributed by atoms with van der Waals surface area (Å²) in [5, 5.41) is 4.12. The Hall–Kier alpha value is -2.97. The standard InChI is InChI=1S/C33H36Cl2FN5O/c1-21(2)19-40-13-10-25(32(42)23-6-4-3-5-7-23)31(40)26-17-24(34)18-29-30(26)38-33(39-14-11-37-12-15-39)41(29)20-22-8-9-28(36)27(35)16-22/h3-9,16-18,21,25,31,37H,10-15,19-20H2,1-2H3/t25-,31-/m1/s1. The van der Waals surface area contributed by atoms with Gasteiger partial charge in [0.05, 0.1) is 22.6 Å². The van der Waals surface area contributed by atoms with E-state index in [2.05, 4.69) is 33.5 Å². The van der Waals surface area contributed by atoms with Crippen LogP contribution in [0.15, 0.2) is 60.7 Å². The number of piperazine rings is 1. The Morgan fingerprint density at radius 3 is 2.52 bits per heavy atom. The molecule has 0 saturated carbocycles. The van der Waals surface area contributed by atoms with Gasteiger partial charge in [0.2, 0.25) is 5.95 Å². The van der Waals surface area contributed by atoms with Crippen LogP contribution in [0.4, 0.5) is 10.3 Å². The van der Waals surface area contributed by atoms with Gasteiger partial charge in [-0.1, -0.05) is 73.4 Å². The minimum absolute atomic E-state index is 0.0944. The first kappa shape index (κ1) is 29.1. The Balaban J connectivity index is 1.51. The Labute approximate surface area is 256 Å². The van der Waals surface area contributed by atoms with Gasteiger partial charge in [-0.2, -0.15) is 0 Å². The highest BCUT2D eigenvalue weighted by molar-refractivity contribution is 6.31. The largest absolute Gasteiger partial charge is 0.340 e. The van der Waals surface area contributed by atoms with Crippen LogP contribution in [0.1, 0.15) is 47.8 Å². The van der Waals surface area contributed by atoms with Crippen molar-refractivity contribution in [3.63, 3.8) is 0 Å². The number of carbonyl (C=O) groups excluding carboxylic acids is 1. The number of likely N-dealkylation sites (tertiary alicyclic amines) is 1. The molecule has 0 unspecified atom stereocenters. The van der Waals surface area contributed by atoms with E-state index in [0.29, 0.717) is 17.5 Å². The zero-order valence-corrected chi connectivity index (χ0v) is 25.5. The summed E-state index contributed by atoms with van der Waals surface area (Å²) in [6.45, 7) is 9.93. The van der Waals surface area contributed by atoms with Crippen LogP contribution in [0.5, 0.6) is 0 Å². The predicted molar refractivity (Wildman–Crippen MR) is 168 cm³/mol. The summed E-state index contributed by atoms with van der Waals surface area (Å²) in [6.07, 6.45) is 0.776. The second kappa shape index (κ2) is 12.3. The number of nitrogens with zero attached hydrogens (tertiary/aromatic N) is 4. The predicted octanol–water partition coefficient (Wildman–Crippen LogP) is 6.84. The van der Waals surface area contributed by atoms with E-state index in [1.54, 1.807) is 12.1 Å². The number of carbonyl (C=O) groups is 1. The highest BCUT2D eigenvalue weighted by Gasteiger charge is 2.41. The van der Waals surface area contributed by atoms with E-state index in [9.17, 15) is 9.18 Å². The van der Waals surface area contributed by atoms with Gasteiger partial charge in [0.15, 0.2) is 5.78 Å². The molecule has 6 nitrogen and oxygen atoms in total. The first-order valence-corrected chi connectivity index (χ1v) is 15.5. The molecule has 3 heterocycles. The fraction of sp³-hybridized carbons (Fsp3) is 0.394. The van der Waals surface area contributed by atoms with E-state index < -0.39 is 5.82 Å². The SMILES string of the molecule is CC(C)CN1CC[C@@H](C(=O)c2ccccc2)[C@@H]1c1cc(Cl)cc2c1nc(N1CCNCC1)n2Cc1ccc(F)c(Cl)c1. The van der Waals surface area contributed by atoms with Crippen LogP contribution in [0.3, 0.4) is 0 Å². The van der Waals surface area contributed by atoms with Gasteiger partial charge in [0.25, 0.3) is 0 Å². The number of anilines is 1. The van der Waals surface area contributed by atoms with Gasteiger partial charge < -0.3 is 14.8 Å². The Bertz CT molecular complexity index is 1580. The normalized spacial score (nSPS) is 19.7. The lowest BCUT2D eigenvalue weighted by Crippen LogP contribution is -2.44. The number of rotatable bonds is 8. The van der Waals surface area contributed by atoms with Gasteiger partial charge in [0, 0.05) is 55.3 Å². The fourth-order valence-corrected chi connectivity index (χ4v) is 6.97. The van der Waals surface area contributed by atoms with Crippen molar-refractivity contribution >= 4 is 46.0 Å². The van der Waals surface area contributed by atoms with E-state index in [4.69, 9.17) is 28.2 Å². The maximum Gasteiger partial charge on any atom is 0.206 e. The van der Waals surface area contributed by atoms with E-state index in [1.807, 2.05) is 42.5 Å². The quantitative estimate of drug-likeness (QED) is 0.222. The fourth-order valence-electron chi connectivity index (χ4n) is 6.54. The lowest BCUT2D eigenvalue weighted by atomic mass is 9.86. The minimum Gasteiger partial charge on any atom is -0.340 e. The lowest BCUT2D eigenvalue weighted by Gasteiger charge is -2.30. The van der Waals surface area contributed by atoms with Crippen molar-refractivity contribution in [1.29, 1.82) is 0 Å². The summed E-state index contributed by atoms with van der Waals surface area (Å²) in [5.74, 6) is 0.781. The van der Waals surface area contributed by atoms with E-state index >= 15 is 0 Å². The molecular formula is C33H36Cl2FN5O. The number of aromatic nitrogens is 2. The summed E-state index contributed by atoms with van der Waals surface area (Å²) in [4.78, 5) is 24.0. The van der Waals surface area contributed by atoms with Crippen LogP contribution >= 0.6 is 23.2 Å². The highest BCUT2D eigenvalue weighted by atomic mass is 35.5. The molecule has 2 atom stereocenters. The maximum absolute atomic E-state index is 14.0. The van der Waals surface area contributed by atoms with Gasteiger partial charge in [-0.3, -0.25) is 9.69 Å². The molecule has 6 rings (SSSR count). The molecule has 2 aliphatic heterocycles. The van der Waals surface area contributed by atoms with Crippen molar-refractivity contribution in [2.45, 2.75) is 32.9 Å². The number of imidazole rings is 1. The Morgan fingerprint density at radius 2 is 1.81 bits per heavy atom. The molecule has 3 aromatic carbocycles. The Kier molecular flexibility index (Phi) is 8.55. The molecule has 0 bridgehead atoms. The highest BCUT2D eigenvalue weighted by Crippen LogP contribution is 2.44. The molecule has 2 saturated heterocycles. The van der Waals surface area contributed by atoms with E-state index in [-0.39, 0.29) is 22.8 Å². The molecule has 1 aromatic heterocycles. The summed E-state index contributed by atoms with van der Waals surface area (Å²) < 4.78 is 16.2. The lowest BCUT2D eigenvalue weighted by molar-refractivity contribution is 0.0877. The molecule has 2 fully saturated rings. The Morgan fingerprint density at radius 1 is 1.05 bits per heavy atom. The number of hydrogen-bond acceptors (Lipinski definition) is 5. The van der Waals surface area contributed by atoms with E-state index in [0.717, 1.165) is 79.4 Å². The topological polar surface area (TPSA) is 53.4 Å². The number of hydrogen-bond donors (Lipinski definition) is 1. The first-order chi connectivity index (χ1) is 20.3. The van der Waals surface area contributed by atoms with Crippen molar-refractivity contribution in [2.75, 3.05) is 44.2 Å². The number of nitrogens with one attached hydrogen (secondary N) is 1. The van der Waals surface area contributed by atoms with Crippen molar-refractivity contribution in [2.24, 2.45) is 11.8 Å². The molecule has 0 radical (unpaired) electrons.